The van der Waals surface area contributed by atoms with Crippen LogP contribution in [0.5, 0.6) is 0 Å². The summed E-state index contributed by atoms with van der Waals surface area (Å²) in [5.41, 5.74) is 0.251. The lowest BCUT2D eigenvalue weighted by Crippen LogP contribution is -2.21. The van der Waals surface area contributed by atoms with Crippen LogP contribution in [0.25, 0.3) is 0 Å². The van der Waals surface area contributed by atoms with E-state index in [1.807, 2.05) is 20.8 Å². The maximum atomic E-state index is 12.1. The van der Waals surface area contributed by atoms with Crippen LogP contribution in [0.1, 0.15) is 36.8 Å². The third kappa shape index (κ3) is 5.54. The molecule has 8 nitrogen and oxygen atoms in total. The van der Waals surface area contributed by atoms with Crippen LogP contribution in [0.2, 0.25) is 5.02 Å². The second-order valence-electron chi connectivity index (χ2n) is 6.86. The summed E-state index contributed by atoms with van der Waals surface area (Å²) in [5, 5.41) is 6.29. The van der Waals surface area contributed by atoms with E-state index in [2.05, 4.69) is 10.5 Å². The van der Waals surface area contributed by atoms with Crippen LogP contribution < -0.4 is 5.32 Å². The van der Waals surface area contributed by atoms with Gasteiger partial charge in [-0.05, 0) is 18.2 Å². The van der Waals surface area contributed by atoms with Crippen LogP contribution in [0.15, 0.2) is 33.7 Å². The van der Waals surface area contributed by atoms with Crippen molar-refractivity contribution in [2.75, 3.05) is 18.2 Å². The first-order valence-corrected chi connectivity index (χ1v) is 10.1. The average molecular weight is 415 g/mol. The number of carbonyl (C=O) groups is 2. The number of carbonyl (C=O) groups excluding carboxylic acids is 2. The zero-order valence-corrected chi connectivity index (χ0v) is 16.8. The second kappa shape index (κ2) is 7.69. The molecule has 146 valence electrons. The molecule has 2 rings (SSSR count). The largest absolute Gasteiger partial charge is 0.452 e. The molecule has 2 aromatic rings. The minimum atomic E-state index is -3.52. The number of esters is 1. The van der Waals surface area contributed by atoms with Gasteiger partial charge in [0.15, 0.2) is 16.4 Å². The SMILES string of the molecule is CC(C)(C)c1cc(NC(=O)COC(=O)c2cc(S(C)(=O)=O)ccc2Cl)on1. The molecule has 0 aliphatic heterocycles. The molecule has 0 aliphatic carbocycles. The highest BCUT2D eigenvalue weighted by atomic mass is 35.5. The van der Waals surface area contributed by atoms with Crippen LogP contribution in [0.4, 0.5) is 5.88 Å². The topological polar surface area (TPSA) is 116 Å². The van der Waals surface area contributed by atoms with Crippen molar-refractivity contribution in [3.8, 4) is 0 Å². The molecule has 10 heteroatoms. The molecule has 1 aromatic carbocycles. The molecule has 0 unspecified atom stereocenters. The maximum Gasteiger partial charge on any atom is 0.340 e. The van der Waals surface area contributed by atoms with E-state index in [1.165, 1.54) is 12.1 Å². The predicted molar refractivity (Wildman–Crippen MR) is 98.7 cm³/mol. The fourth-order valence-electron chi connectivity index (χ4n) is 1.96. The lowest BCUT2D eigenvalue weighted by atomic mass is 9.92. The van der Waals surface area contributed by atoms with Crippen LogP contribution in [-0.2, 0) is 24.8 Å². The van der Waals surface area contributed by atoms with Crippen molar-refractivity contribution in [2.24, 2.45) is 0 Å². The van der Waals surface area contributed by atoms with Gasteiger partial charge in [-0.3, -0.25) is 10.1 Å². The first-order valence-electron chi connectivity index (χ1n) is 7.81. The van der Waals surface area contributed by atoms with Gasteiger partial charge in [0, 0.05) is 17.7 Å². The van der Waals surface area contributed by atoms with Crippen LogP contribution >= 0.6 is 11.6 Å². The number of hydrogen-bond acceptors (Lipinski definition) is 7. The van der Waals surface area contributed by atoms with Gasteiger partial charge >= 0.3 is 5.97 Å². The number of aromatic nitrogens is 1. The summed E-state index contributed by atoms with van der Waals surface area (Å²) in [7, 11) is -3.52. The van der Waals surface area contributed by atoms with E-state index >= 15 is 0 Å². The monoisotopic (exact) mass is 414 g/mol. The van der Waals surface area contributed by atoms with E-state index in [0.717, 1.165) is 12.3 Å². The first kappa shape index (κ1) is 20.9. The van der Waals surface area contributed by atoms with Crippen LogP contribution in [0.3, 0.4) is 0 Å². The number of rotatable bonds is 5. The number of hydrogen-bond donors (Lipinski definition) is 1. The molecule has 1 aromatic heterocycles. The minimum Gasteiger partial charge on any atom is -0.452 e. The zero-order chi connectivity index (χ0) is 20.4. The smallest absolute Gasteiger partial charge is 0.340 e. The van der Waals surface area contributed by atoms with E-state index in [4.69, 9.17) is 20.9 Å². The molecule has 1 N–H and O–H groups in total. The Morgan fingerprint density at radius 2 is 1.93 bits per heavy atom. The van der Waals surface area contributed by atoms with Crippen molar-refractivity contribution in [3.05, 3.63) is 40.5 Å². The molecule has 0 aliphatic rings. The Hall–Kier alpha value is -2.39. The molecule has 0 saturated heterocycles. The zero-order valence-electron chi connectivity index (χ0n) is 15.2. The van der Waals surface area contributed by atoms with Gasteiger partial charge in [0.05, 0.1) is 21.2 Å². The highest BCUT2D eigenvalue weighted by Gasteiger charge is 2.21. The molecule has 0 fully saturated rings. The van der Waals surface area contributed by atoms with Gasteiger partial charge in [0.25, 0.3) is 5.91 Å². The minimum absolute atomic E-state index is 0.0119. The van der Waals surface area contributed by atoms with E-state index in [0.29, 0.717) is 5.69 Å². The molecular formula is C17H19ClN2O6S. The van der Waals surface area contributed by atoms with Crippen molar-refractivity contribution < 1.29 is 27.3 Å². The quantitative estimate of drug-likeness (QED) is 0.747. The predicted octanol–water partition coefficient (Wildman–Crippen LogP) is 2.82. The van der Waals surface area contributed by atoms with E-state index in [-0.39, 0.29) is 26.8 Å². The number of anilines is 1. The highest BCUT2D eigenvalue weighted by molar-refractivity contribution is 7.90. The number of sulfone groups is 1. The van der Waals surface area contributed by atoms with E-state index in [1.54, 1.807) is 6.07 Å². The second-order valence-corrected chi connectivity index (χ2v) is 9.29. The van der Waals surface area contributed by atoms with Gasteiger partial charge in [-0.15, -0.1) is 0 Å². The number of nitrogens with zero attached hydrogens (tertiary/aromatic N) is 1. The van der Waals surface area contributed by atoms with Crippen molar-refractivity contribution in [3.63, 3.8) is 0 Å². The van der Waals surface area contributed by atoms with E-state index < -0.39 is 28.3 Å². The number of amides is 1. The summed E-state index contributed by atoms with van der Waals surface area (Å²) in [4.78, 5) is 23.9. The lowest BCUT2D eigenvalue weighted by molar-refractivity contribution is -0.119. The summed E-state index contributed by atoms with van der Waals surface area (Å²) < 4.78 is 33.1. The average Bonchev–Trinajstić information content (AvgIpc) is 3.00. The number of benzene rings is 1. The molecule has 0 radical (unpaired) electrons. The summed E-state index contributed by atoms with van der Waals surface area (Å²) in [5.74, 6) is -1.44. The molecule has 27 heavy (non-hydrogen) atoms. The van der Waals surface area contributed by atoms with Gasteiger partial charge < -0.3 is 9.26 Å². The first-order chi connectivity index (χ1) is 12.4. The van der Waals surface area contributed by atoms with Gasteiger partial charge in [-0.25, -0.2) is 13.2 Å². The van der Waals surface area contributed by atoms with Crippen molar-refractivity contribution in [1.82, 2.24) is 5.16 Å². The Labute approximate surface area is 161 Å². The molecular weight excluding hydrogens is 396 g/mol. The molecule has 0 spiro atoms. The van der Waals surface area contributed by atoms with Crippen LogP contribution in [0, 0.1) is 0 Å². The van der Waals surface area contributed by atoms with Gasteiger partial charge in [0.2, 0.25) is 5.88 Å². The normalized spacial score (nSPS) is 11.9. The summed E-state index contributed by atoms with van der Waals surface area (Å²) in [6.07, 6.45) is 1.00. The van der Waals surface area contributed by atoms with Gasteiger partial charge in [0.1, 0.15) is 0 Å². The lowest BCUT2D eigenvalue weighted by Gasteiger charge is -2.12. The summed E-state index contributed by atoms with van der Waals surface area (Å²) in [6.45, 7) is 5.20. The van der Waals surface area contributed by atoms with Crippen molar-refractivity contribution >= 4 is 39.2 Å². The number of halogens is 1. The summed E-state index contributed by atoms with van der Waals surface area (Å²) in [6, 6.07) is 5.23. The maximum absolute atomic E-state index is 12.1. The Kier molecular flexibility index (Phi) is 5.96. The molecule has 0 atom stereocenters. The molecule has 1 heterocycles. The third-order valence-corrected chi connectivity index (χ3v) is 4.90. The van der Waals surface area contributed by atoms with Gasteiger partial charge in [-0.1, -0.05) is 37.5 Å². The van der Waals surface area contributed by atoms with Gasteiger partial charge in [-0.2, -0.15) is 0 Å². The molecule has 1 amide bonds. The van der Waals surface area contributed by atoms with Crippen LogP contribution in [-0.4, -0.2) is 38.3 Å². The molecule has 0 saturated carbocycles. The summed E-state index contributed by atoms with van der Waals surface area (Å²) >= 11 is 5.91. The highest BCUT2D eigenvalue weighted by Crippen LogP contribution is 2.24. The Bertz CT molecular complexity index is 976. The number of ether oxygens (including phenoxy) is 1. The van der Waals surface area contributed by atoms with Crippen molar-refractivity contribution in [2.45, 2.75) is 31.1 Å². The Balaban J connectivity index is 2.01. The number of nitrogens with one attached hydrogen (secondary N) is 1. The molecule has 0 bridgehead atoms. The van der Waals surface area contributed by atoms with E-state index in [9.17, 15) is 18.0 Å². The standard InChI is InChI=1S/C17H19ClN2O6S/c1-17(2,3)13-8-15(26-20-13)19-14(21)9-25-16(22)11-7-10(27(4,23)24)5-6-12(11)18/h5-8H,9H2,1-4H3,(H,19,21). The Morgan fingerprint density at radius 1 is 1.26 bits per heavy atom. The van der Waals surface area contributed by atoms with Crippen molar-refractivity contribution in [1.29, 1.82) is 0 Å². The third-order valence-electron chi connectivity index (χ3n) is 3.46. The Morgan fingerprint density at radius 3 is 2.48 bits per heavy atom. The fraction of sp³-hybridized carbons (Fsp3) is 0.353. The fourth-order valence-corrected chi connectivity index (χ4v) is 2.80.